The fourth-order valence-electron chi connectivity index (χ4n) is 2.15. The molecule has 2 aliphatic rings. The van der Waals surface area contributed by atoms with Gasteiger partial charge in [-0.2, -0.15) is 11.8 Å². The molecule has 2 heterocycles. The summed E-state index contributed by atoms with van der Waals surface area (Å²) >= 11 is 2.01. The molecule has 2 fully saturated rings. The standard InChI is InChI=1S/C12H21NO2S/c1-12(8-15-9-12)7-13-11(14)6-10-2-4-16-5-3-10/h10H,2-9H2,1H3,(H,13,14). The van der Waals surface area contributed by atoms with E-state index in [-0.39, 0.29) is 11.3 Å². The summed E-state index contributed by atoms with van der Waals surface area (Å²) in [7, 11) is 0. The van der Waals surface area contributed by atoms with Gasteiger partial charge in [-0.1, -0.05) is 6.92 Å². The van der Waals surface area contributed by atoms with Crippen LogP contribution in [-0.4, -0.2) is 37.2 Å². The van der Waals surface area contributed by atoms with E-state index >= 15 is 0 Å². The molecule has 0 aromatic rings. The molecule has 16 heavy (non-hydrogen) atoms. The van der Waals surface area contributed by atoms with Crippen molar-refractivity contribution in [2.75, 3.05) is 31.3 Å². The summed E-state index contributed by atoms with van der Waals surface area (Å²) in [5.74, 6) is 3.30. The normalized spacial score (nSPS) is 24.8. The number of carbonyl (C=O) groups excluding carboxylic acids is 1. The summed E-state index contributed by atoms with van der Waals surface area (Å²) in [6.07, 6.45) is 3.13. The summed E-state index contributed by atoms with van der Waals surface area (Å²) in [5, 5.41) is 3.05. The number of ether oxygens (including phenoxy) is 1. The molecule has 4 heteroatoms. The first-order valence-electron chi connectivity index (χ1n) is 6.10. The number of amides is 1. The smallest absolute Gasteiger partial charge is 0.220 e. The van der Waals surface area contributed by atoms with Crippen molar-refractivity contribution in [3.05, 3.63) is 0 Å². The van der Waals surface area contributed by atoms with Gasteiger partial charge in [0.05, 0.1) is 13.2 Å². The molecule has 0 saturated carbocycles. The molecule has 92 valence electrons. The van der Waals surface area contributed by atoms with Crippen molar-refractivity contribution in [1.29, 1.82) is 0 Å². The van der Waals surface area contributed by atoms with E-state index in [0.717, 1.165) is 26.2 Å². The Balaban J connectivity index is 1.63. The summed E-state index contributed by atoms with van der Waals surface area (Å²) in [5.41, 5.74) is 0.193. The number of thioether (sulfide) groups is 1. The number of nitrogens with one attached hydrogen (secondary N) is 1. The maximum Gasteiger partial charge on any atom is 0.220 e. The van der Waals surface area contributed by atoms with Crippen molar-refractivity contribution in [1.82, 2.24) is 5.32 Å². The SMILES string of the molecule is CC1(CNC(=O)CC2CCSCC2)COC1. The molecule has 0 spiro atoms. The van der Waals surface area contributed by atoms with Gasteiger partial charge in [0.25, 0.3) is 0 Å². The number of rotatable bonds is 4. The largest absolute Gasteiger partial charge is 0.380 e. The van der Waals surface area contributed by atoms with Crippen LogP contribution in [0.15, 0.2) is 0 Å². The lowest BCUT2D eigenvalue weighted by molar-refractivity contribution is -0.127. The summed E-state index contributed by atoms with van der Waals surface area (Å²) < 4.78 is 5.17. The van der Waals surface area contributed by atoms with Crippen molar-refractivity contribution >= 4 is 17.7 Å². The number of hydrogen-bond donors (Lipinski definition) is 1. The maximum atomic E-state index is 11.7. The Labute approximate surface area is 102 Å². The van der Waals surface area contributed by atoms with Gasteiger partial charge in [0.15, 0.2) is 0 Å². The van der Waals surface area contributed by atoms with E-state index in [9.17, 15) is 4.79 Å². The van der Waals surface area contributed by atoms with E-state index in [1.165, 1.54) is 24.3 Å². The highest BCUT2D eigenvalue weighted by molar-refractivity contribution is 7.99. The zero-order chi connectivity index (χ0) is 11.4. The quantitative estimate of drug-likeness (QED) is 0.816. The van der Waals surface area contributed by atoms with Crippen molar-refractivity contribution < 1.29 is 9.53 Å². The van der Waals surface area contributed by atoms with Gasteiger partial charge in [-0.15, -0.1) is 0 Å². The molecule has 1 N–H and O–H groups in total. The van der Waals surface area contributed by atoms with Crippen LogP contribution in [0.3, 0.4) is 0 Å². The minimum Gasteiger partial charge on any atom is -0.380 e. The van der Waals surface area contributed by atoms with Gasteiger partial charge in [0.2, 0.25) is 5.91 Å². The summed E-state index contributed by atoms with van der Waals surface area (Å²) in [4.78, 5) is 11.7. The molecule has 0 atom stereocenters. The van der Waals surface area contributed by atoms with Crippen LogP contribution in [0.25, 0.3) is 0 Å². The van der Waals surface area contributed by atoms with Gasteiger partial charge in [0.1, 0.15) is 0 Å². The van der Waals surface area contributed by atoms with Crippen molar-refractivity contribution in [3.63, 3.8) is 0 Å². The lowest BCUT2D eigenvalue weighted by Crippen LogP contribution is -2.48. The Morgan fingerprint density at radius 3 is 2.69 bits per heavy atom. The van der Waals surface area contributed by atoms with E-state index in [0.29, 0.717) is 5.92 Å². The minimum atomic E-state index is 0.193. The molecule has 2 rings (SSSR count). The van der Waals surface area contributed by atoms with Crippen LogP contribution in [0.1, 0.15) is 26.2 Å². The Morgan fingerprint density at radius 1 is 1.44 bits per heavy atom. The molecular formula is C12H21NO2S. The lowest BCUT2D eigenvalue weighted by atomic mass is 9.88. The highest BCUT2D eigenvalue weighted by Gasteiger charge is 2.33. The second-order valence-electron chi connectivity index (χ2n) is 5.34. The minimum absolute atomic E-state index is 0.193. The molecular weight excluding hydrogens is 222 g/mol. The third-order valence-electron chi connectivity index (χ3n) is 3.43. The lowest BCUT2D eigenvalue weighted by Gasteiger charge is -2.38. The second kappa shape index (κ2) is 5.41. The van der Waals surface area contributed by atoms with Crippen molar-refractivity contribution in [2.45, 2.75) is 26.2 Å². The first-order chi connectivity index (χ1) is 7.68. The number of hydrogen-bond acceptors (Lipinski definition) is 3. The summed E-state index contributed by atoms with van der Waals surface area (Å²) in [6, 6.07) is 0. The van der Waals surface area contributed by atoms with E-state index < -0.39 is 0 Å². The average Bonchev–Trinajstić information content (AvgIpc) is 2.25. The maximum absolute atomic E-state index is 11.7. The topological polar surface area (TPSA) is 38.3 Å². The monoisotopic (exact) mass is 243 g/mol. The van der Waals surface area contributed by atoms with Crippen LogP contribution in [0.5, 0.6) is 0 Å². The van der Waals surface area contributed by atoms with E-state index in [1.807, 2.05) is 11.8 Å². The molecule has 1 amide bonds. The van der Waals surface area contributed by atoms with Gasteiger partial charge < -0.3 is 10.1 Å². The highest BCUT2D eigenvalue weighted by Crippen LogP contribution is 2.27. The summed E-state index contributed by atoms with van der Waals surface area (Å²) in [6.45, 7) is 4.50. The van der Waals surface area contributed by atoms with Gasteiger partial charge in [-0.25, -0.2) is 0 Å². The van der Waals surface area contributed by atoms with E-state index in [2.05, 4.69) is 12.2 Å². The first-order valence-corrected chi connectivity index (χ1v) is 7.26. The molecule has 0 aromatic heterocycles. The molecule has 0 bridgehead atoms. The van der Waals surface area contributed by atoms with Crippen molar-refractivity contribution in [2.24, 2.45) is 11.3 Å². The van der Waals surface area contributed by atoms with Crippen LogP contribution < -0.4 is 5.32 Å². The second-order valence-corrected chi connectivity index (χ2v) is 6.56. The molecule has 0 unspecified atom stereocenters. The Bertz CT molecular complexity index is 247. The molecule has 2 saturated heterocycles. The Morgan fingerprint density at radius 2 is 2.12 bits per heavy atom. The van der Waals surface area contributed by atoms with E-state index in [4.69, 9.17) is 4.74 Å². The van der Waals surface area contributed by atoms with Gasteiger partial charge in [-0.3, -0.25) is 4.79 Å². The fourth-order valence-corrected chi connectivity index (χ4v) is 3.35. The van der Waals surface area contributed by atoms with Crippen molar-refractivity contribution in [3.8, 4) is 0 Å². The zero-order valence-electron chi connectivity index (χ0n) is 9.96. The molecule has 0 aliphatic carbocycles. The third-order valence-corrected chi connectivity index (χ3v) is 4.48. The molecule has 0 aromatic carbocycles. The molecule has 2 aliphatic heterocycles. The van der Waals surface area contributed by atoms with Gasteiger partial charge in [-0.05, 0) is 30.3 Å². The average molecular weight is 243 g/mol. The van der Waals surface area contributed by atoms with E-state index in [1.54, 1.807) is 0 Å². The van der Waals surface area contributed by atoms with Crippen LogP contribution in [-0.2, 0) is 9.53 Å². The zero-order valence-corrected chi connectivity index (χ0v) is 10.8. The van der Waals surface area contributed by atoms with Gasteiger partial charge in [0, 0.05) is 18.4 Å². The Hall–Kier alpha value is -0.220. The number of carbonyl (C=O) groups is 1. The highest BCUT2D eigenvalue weighted by atomic mass is 32.2. The molecule has 3 nitrogen and oxygen atoms in total. The van der Waals surface area contributed by atoms with Crippen LogP contribution in [0.2, 0.25) is 0 Å². The predicted molar refractivity (Wildman–Crippen MR) is 66.6 cm³/mol. The first kappa shape index (κ1) is 12.2. The fraction of sp³-hybridized carbons (Fsp3) is 0.917. The van der Waals surface area contributed by atoms with Crippen LogP contribution >= 0.6 is 11.8 Å². The Kier molecular flexibility index (Phi) is 4.14. The van der Waals surface area contributed by atoms with Crippen LogP contribution in [0, 0.1) is 11.3 Å². The van der Waals surface area contributed by atoms with Crippen LogP contribution in [0.4, 0.5) is 0 Å². The third kappa shape index (κ3) is 3.39. The molecule has 0 radical (unpaired) electrons. The predicted octanol–water partition coefficient (Wildman–Crippen LogP) is 1.67. The van der Waals surface area contributed by atoms with Gasteiger partial charge >= 0.3 is 0 Å².